The summed E-state index contributed by atoms with van der Waals surface area (Å²) in [6.07, 6.45) is -9.39. The molecule has 0 heterocycles. The largest absolute Gasteiger partial charge is 2.00 e. The molecule has 12 nitrogen and oxygen atoms in total. The molecule has 0 rings (SSSR count). The van der Waals surface area contributed by atoms with Gasteiger partial charge in [-0.15, -0.1) is 0 Å². The van der Waals surface area contributed by atoms with Crippen LogP contribution in [0.15, 0.2) is 0 Å². The molecule has 0 bridgehead atoms. The van der Waals surface area contributed by atoms with Gasteiger partial charge < -0.3 is 55.5 Å². The van der Waals surface area contributed by atoms with Gasteiger partial charge in [-0.05, 0) is 0 Å². The van der Waals surface area contributed by atoms with Crippen LogP contribution in [0, 0.1) is 0 Å². The molecule has 0 radical (unpaired) electrons. The monoisotopic (exact) mass is 342 g/mol. The summed E-state index contributed by atoms with van der Waals surface area (Å²) in [5, 5.41) is 73.7. The Hall–Kier alpha value is -0.730. The Kier molecular flexibility index (Phi) is 23.5. The Morgan fingerprint density at radius 1 is 0.905 bits per heavy atom. The van der Waals surface area contributed by atoms with Crippen LogP contribution >= 0.6 is 0 Å². The number of carbonyl (C=O) groups is 3. The molecule has 13 heteroatoms. The number of carboxylic acid groups (broad SMARTS) is 4. The van der Waals surface area contributed by atoms with E-state index in [9.17, 15) is 4.79 Å². The minimum atomic E-state index is -2.08. The van der Waals surface area contributed by atoms with Gasteiger partial charge in [0.2, 0.25) is 12.3 Å². The van der Waals surface area contributed by atoms with E-state index in [0.29, 0.717) is 0 Å². The van der Waals surface area contributed by atoms with Gasteiger partial charge in [-0.25, -0.2) is 0 Å². The van der Waals surface area contributed by atoms with Crippen molar-refractivity contribution in [3.63, 3.8) is 0 Å². The molecule has 21 heavy (non-hydrogen) atoms. The smallest absolute Gasteiger partial charge is 0.565 e. The van der Waals surface area contributed by atoms with Crippen LogP contribution in [0.1, 0.15) is 0 Å². The molecule has 0 aliphatic heterocycles. The van der Waals surface area contributed by atoms with Gasteiger partial charge in [-0.3, -0.25) is 4.79 Å². The van der Waals surface area contributed by atoms with Crippen LogP contribution in [-0.2, 0) is 4.79 Å². The maximum atomic E-state index is 10.5. The first-order valence-corrected chi connectivity index (χ1v) is 4.59. The Balaban J connectivity index is -0.000000134. The van der Waals surface area contributed by atoms with Crippen molar-refractivity contribution >= 4 is 55.8 Å². The number of hydrogen-bond donors (Lipinski definition) is 7. The SMILES string of the molecule is O=C(CO)[C@@H](O)[C@H](O)[C@H](O)CO.O=C([O-])O.O=C([O-])O.[Ca+2]. The van der Waals surface area contributed by atoms with Gasteiger partial charge in [0.25, 0.3) is 0 Å². The van der Waals surface area contributed by atoms with Gasteiger partial charge in [0.1, 0.15) is 24.9 Å². The van der Waals surface area contributed by atoms with Crippen molar-refractivity contribution < 1.29 is 60.3 Å². The predicted molar refractivity (Wildman–Crippen MR) is 59.0 cm³/mol. The van der Waals surface area contributed by atoms with Crippen LogP contribution in [0.3, 0.4) is 0 Å². The molecule has 0 aliphatic rings. The quantitative estimate of drug-likeness (QED) is 0.231. The number of aliphatic hydroxyl groups excluding tert-OH is 5. The summed E-state index contributed by atoms with van der Waals surface area (Å²) in [5.74, 6) is -1.00. The molecule has 0 aromatic heterocycles. The second kappa shape index (κ2) is 17.3. The topological polar surface area (TPSA) is 239 Å². The molecule has 120 valence electrons. The van der Waals surface area contributed by atoms with E-state index in [1.54, 1.807) is 0 Å². The first kappa shape index (κ1) is 28.4. The zero-order chi connectivity index (χ0) is 16.9. The van der Waals surface area contributed by atoms with Crippen molar-refractivity contribution in [1.29, 1.82) is 0 Å². The van der Waals surface area contributed by atoms with Crippen molar-refractivity contribution in [2.45, 2.75) is 18.3 Å². The van der Waals surface area contributed by atoms with Gasteiger partial charge >= 0.3 is 37.7 Å². The number of rotatable bonds is 5. The van der Waals surface area contributed by atoms with E-state index in [0.717, 1.165) is 0 Å². The maximum Gasteiger partial charge on any atom is 2.00 e. The fraction of sp³-hybridized carbons (Fsp3) is 0.625. The Morgan fingerprint density at radius 2 is 1.19 bits per heavy atom. The first-order valence-electron chi connectivity index (χ1n) is 4.59. The fourth-order valence-corrected chi connectivity index (χ4v) is 0.602. The molecule has 0 aliphatic carbocycles. The Labute approximate surface area is 147 Å². The van der Waals surface area contributed by atoms with E-state index >= 15 is 0 Å². The fourth-order valence-electron chi connectivity index (χ4n) is 0.602. The van der Waals surface area contributed by atoms with Gasteiger partial charge in [-0.2, -0.15) is 0 Å². The van der Waals surface area contributed by atoms with Gasteiger partial charge in [-0.1, -0.05) is 0 Å². The van der Waals surface area contributed by atoms with Crippen molar-refractivity contribution in [2.24, 2.45) is 0 Å². The molecule has 0 saturated heterocycles. The molecule has 0 spiro atoms. The zero-order valence-corrected chi connectivity index (χ0v) is 12.7. The summed E-state index contributed by atoms with van der Waals surface area (Å²) in [6.45, 7) is -1.69. The normalized spacial score (nSPS) is 12.8. The average Bonchev–Trinajstić information content (AvgIpc) is 2.33. The number of ketones is 1. The summed E-state index contributed by atoms with van der Waals surface area (Å²) >= 11 is 0. The van der Waals surface area contributed by atoms with Gasteiger partial charge in [0.05, 0.1) is 6.61 Å². The molecule has 3 atom stereocenters. The number of Topliss-reactive ketones (excluding diaryl/α,β-unsaturated/α-hetero) is 1. The molecule has 0 aromatic carbocycles. The first-order chi connectivity index (χ1) is 9.00. The van der Waals surface area contributed by atoms with Gasteiger partial charge in [0.15, 0.2) is 5.78 Å². The van der Waals surface area contributed by atoms with E-state index in [2.05, 4.69) is 0 Å². The minimum Gasteiger partial charge on any atom is -0.565 e. The predicted octanol–water partition coefficient (Wildman–Crippen LogP) is -5.98. The zero-order valence-electron chi connectivity index (χ0n) is 10.5. The van der Waals surface area contributed by atoms with Crippen LogP contribution < -0.4 is 10.2 Å². The molecule has 0 amide bonds. The third-order valence-electron chi connectivity index (χ3n) is 1.39. The molecular formula is C8H14CaO12. The van der Waals surface area contributed by atoms with Crippen LogP contribution in [0.4, 0.5) is 9.59 Å². The van der Waals surface area contributed by atoms with E-state index in [1.165, 1.54) is 0 Å². The molecule has 0 aromatic rings. The van der Waals surface area contributed by atoms with Crippen LogP contribution in [-0.4, -0.2) is 123 Å². The van der Waals surface area contributed by atoms with Crippen molar-refractivity contribution in [2.75, 3.05) is 13.2 Å². The summed E-state index contributed by atoms with van der Waals surface area (Å²) in [5.41, 5.74) is 0. The Morgan fingerprint density at radius 3 is 1.38 bits per heavy atom. The average molecular weight is 342 g/mol. The van der Waals surface area contributed by atoms with E-state index < -0.39 is 49.6 Å². The van der Waals surface area contributed by atoms with Crippen molar-refractivity contribution in [3.05, 3.63) is 0 Å². The molecule has 7 N–H and O–H groups in total. The molecule has 0 fully saturated rings. The summed E-state index contributed by atoms with van der Waals surface area (Å²) in [7, 11) is 0. The van der Waals surface area contributed by atoms with Crippen molar-refractivity contribution in [1.82, 2.24) is 0 Å². The summed E-state index contributed by atoms with van der Waals surface area (Å²) in [4.78, 5) is 27.4. The third kappa shape index (κ3) is 24.6. The third-order valence-corrected chi connectivity index (χ3v) is 1.39. The van der Waals surface area contributed by atoms with Gasteiger partial charge in [0, 0.05) is 0 Å². The van der Waals surface area contributed by atoms with E-state index in [1.807, 2.05) is 0 Å². The van der Waals surface area contributed by atoms with E-state index in [4.69, 9.17) is 55.5 Å². The second-order valence-corrected chi connectivity index (χ2v) is 2.84. The maximum absolute atomic E-state index is 10.5. The summed E-state index contributed by atoms with van der Waals surface area (Å²) in [6, 6.07) is 0. The Bertz CT molecular complexity index is 275. The van der Waals surface area contributed by atoms with Crippen LogP contribution in [0.2, 0.25) is 0 Å². The number of aliphatic hydroxyl groups is 5. The minimum absolute atomic E-state index is 0. The van der Waals surface area contributed by atoms with E-state index in [-0.39, 0.29) is 37.7 Å². The second-order valence-electron chi connectivity index (χ2n) is 2.84. The number of hydrogen-bond acceptors (Lipinski definition) is 10. The standard InChI is InChI=1S/C6H12O6.2CH2O3.Ca/c7-1-3(9)5(11)6(12)4(10)2-8;2*2-1(3)4;/h3,5-9,11-12H,1-2H2;2*(H2,2,3,4);/q;;;+2/p-2/t3-,5-,6-;;;/m1.../s1. The molecule has 0 unspecified atom stereocenters. The van der Waals surface area contributed by atoms with Crippen LogP contribution in [0.25, 0.3) is 0 Å². The van der Waals surface area contributed by atoms with Crippen molar-refractivity contribution in [3.8, 4) is 0 Å². The molecule has 0 saturated carbocycles. The van der Waals surface area contributed by atoms with Crippen LogP contribution in [0.5, 0.6) is 0 Å². The molecular weight excluding hydrogens is 328 g/mol. The number of carbonyl (C=O) groups excluding carboxylic acids is 1. The summed E-state index contributed by atoms with van der Waals surface area (Å²) < 4.78 is 0.